The molecule has 0 aromatic heterocycles. The van der Waals surface area contributed by atoms with Gasteiger partial charge in [-0.15, -0.1) is 46.2 Å². The number of benzene rings is 2. The number of allylic oxidation sites excluding steroid dienone is 4. The van der Waals surface area contributed by atoms with E-state index in [1.807, 2.05) is 0 Å². The van der Waals surface area contributed by atoms with Gasteiger partial charge >= 0.3 is 43.1 Å². The molecule has 0 fully saturated rings. The van der Waals surface area contributed by atoms with Crippen molar-refractivity contribution in [1.82, 2.24) is 0 Å². The first-order valence-electron chi connectivity index (χ1n) is 9.11. The average Bonchev–Trinajstić information content (AvgIpc) is 3.22. The van der Waals surface area contributed by atoms with E-state index in [9.17, 15) is 0 Å². The Kier molecular flexibility index (Phi) is 13.1. The Hall–Kier alpha value is -0.204. The fourth-order valence-corrected chi connectivity index (χ4v) is 2.82. The molecule has 0 aliphatic heterocycles. The molecule has 0 radical (unpaired) electrons. The van der Waals surface area contributed by atoms with Crippen molar-refractivity contribution in [1.29, 1.82) is 0 Å². The molecule has 0 nitrogen and oxygen atoms in total. The van der Waals surface area contributed by atoms with Gasteiger partial charge in [0.25, 0.3) is 0 Å². The number of halogens is 2. The van der Waals surface area contributed by atoms with Crippen LogP contribution in [-0.4, -0.2) is 9.98 Å². The van der Waals surface area contributed by atoms with Crippen molar-refractivity contribution in [3.05, 3.63) is 78.4 Å². The average molecular weight is 551 g/mol. The van der Waals surface area contributed by atoms with Crippen molar-refractivity contribution in [2.75, 3.05) is 0 Å². The summed E-state index contributed by atoms with van der Waals surface area (Å²) in [4.78, 5) is 0. The molecule has 3 aromatic carbocycles. The van der Waals surface area contributed by atoms with Crippen LogP contribution in [0.25, 0.3) is 21.5 Å². The van der Waals surface area contributed by atoms with Crippen LogP contribution in [0.15, 0.2) is 72.3 Å². The largest absolute Gasteiger partial charge is 1.00 e. The third-order valence-electron chi connectivity index (χ3n) is 4.09. The van der Waals surface area contributed by atoms with Gasteiger partial charge < -0.3 is 24.8 Å². The molecule has 0 saturated carbocycles. The standard InChI is InChI=1S/C13H9.C9H13.C2H6Ge.2ClH.Zr/c1-3-7-12-10(5-1)9-11-6-2-4-8-13(11)12;1-9(2,3)8-6-4-5-7-8;1-3-2;;;/h1-9H;6-7H,4H2,1-3H3;1-2H3;2*1H;/q2*-1;;;;+2/p-2. The van der Waals surface area contributed by atoms with Crippen LogP contribution in [0.1, 0.15) is 27.2 Å². The molecular formula is C24H28Cl2GeZr-2. The summed E-state index contributed by atoms with van der Waals surface area (Å²) in [5.41, 5.74) is 1.74. The van der Waals surface area contributed by atoms with Gasteiger partial charge in [0.1, 0.15) is 0 Å². The first-order chi connectivity index (χ1) is 12.3. The molecule has 0 N–H and O–H groups in total. The molecule has 148 valence electrons. The van der Waals surface area contributed by atoms with E-state index in [4.69, 9.17) is 0 Å². The van der Waals surface area contributed by atoms with E-state index in [0.717, 1.165) is 6.42 Å². The van der Waals surface area contributed by atoms with E-state index in [-0.39, 0.29) is 34.8 Å². The van der Waals surface area contributed by atoms with Gasteiger partial charge in [-0.05, 0) is 0 Å². The predicted molar refractivity (Wildman–Crippen MR) is 114 cm³/mol. The maximum Gasteiger partial charge on any atom is -0.0771 e. The Morgan fingerprint density at radius 2 is 1.32 bits per heavy atom. The molecule has 3 aromatic rings. The van der Waals surface area contributed by atoms with E-state index < -0.39 is 0 Å². The maximum absolute atomic E-state index is 3.16. The monoisotopic (exact) mass is 550 g/mol. The van der Waals surface area contributed by atoms with Gasteiger partial charge in [0.2, 0.25) is 0 Å². The minimum atomic E-state index is -0.243. The van der Waals surface area contributed by atoms with Crippen molar-refractivity contribution in [3.8, 4) is 0 Å². The zero-order valence-corrected chi connectivity index (χ0v) is 23.4. The van der Waals surface area contributed by atoms with Crippen LogP contribution in [0, 0.1) is 11.5 Å². The third kappa shape index (κ3) is 8.66. The van der Waals surface area contributed by atoms with Gasteiger partial charge in [-0.1, -0.05) is 62.6 Å². The summed E-state index contributed by atoms with van der Waals surface area (Å²) in [6.07, 6.45) is 8.50. The van der Waals surface area contributed by atoms with Crippen molar-refractivity contribution in [2.24, 2.45) is 5.41 Å². The molecule has 0 spiro atoms. The predicted octanol–water partition coefficient (Wildman–Crippen LogP) is 1.23. The fraction of sp³-hybridized carbons (Fsp3) is 0.292. The maximum atomic E-state index is 3.16. The van der Waals surface area contributed by atoms with Gasteiger partial charge in [-0.3, -0.25) is 6.08 Å². The van der Waals surface area contributed by atoms with Gasteiger partial charge in [0, 0.05) is 0 Å². The number of hydrogen-bond acceptors (Lipinski definition) is 0. The zero-order valence-electron chi connectivity index (χ0n) is 17.3. The van der Waals surface area contributed by atoms with Crippen LogP contribution >= 0.6 is 0 Å². The Morgan fingerprint density at radius 1 is 0.893 bits per heavy atom. The number of fused-ring (bicyclic) bond motifs is 3. The Labute approximate surface area is 199 Å². The van der Waals surface area contributed by atoms with Crippen LogP contribution in [0.2, 0.25) is 11.5 Å². The van der Waals surface area contributed by atoms with E-state index in [1.165, 1.54) is 27.1 Å². The minimum Gasteiger partial charge on any atom is -1.00 e. The number of hydrogen-bond donors (Lipinski definition) is 0. The van der Waals surface area contributed by atoms with E-state index >= 15 is 0 Å². The molecule has 1 aliphatic rings. The second kappa shape index (κ2) is 13.2. The van der Waals surface area contributed by atoms with Crippen LogP contribution in [0.5, 0.6) is 0 Å². The minimum absolute atomic E-state index is 0. The third-order valence-corrected chi connectivity index (χ3v) is 4.09. The first kappa shape index (κ1) is 27.8. The Balaban J connectivity index is 0.000000432. The van der Waals surface area contributed by atoms with Crippen molar-refractivity contribution in [3.63, 3.8) is 0 Å². The normalized spacial score (nSPS) is 12.0. The summed E-state index contributed by atoms with van der Waals surface area (Å²) in [5, 5.41) is 5.39. The second-order valence-electron chi connectivity index (χ2n) is 7.78. The SMILES string of the molecule is CC(C)(C)C1=CC[C-]=C1.[CH3][Ge]([CH3])=[Zr+2].[Cl-].[Cl-].c1ccc2c(c1)[cH-]c1ccccc12. The smallest absolute Gasteiger partial charge is 0.0771 e. The van der Waals surface area contributed by atoms with Gasteiger partial charge in [-0.2, -0.15) is 11.6 Å². The van der Waals surface area contributed by atoms with Gasteiger partial charge in [-0.25, -0.2) is 6.08 Å². The molecule has 0 bridgehead atoms. The summed E-state index contributed by atoms with van der Waals surface area (Å²) in [6.45, 7) is 6.67. The first-order valence-corrected chi connectivity index (χ1v) is 20.7. The van der Waals surface area contributed by atoms with Crippen molar-refractivity contribution >= 4 is 31.5 Å². The molecule has 4 heteroatoms. The van der Waals surface area contributed by atoms with Gasteiger partial charge in [0.05, 0.1) is 0 Å². The van der Waals surface area contributed by atoms with Crippen LogP contribution in [-0.2, 0) is 21.6 Å². The summed E-state index contributed by atoms with van der Waals surface area (Å²) < 4.78 is 0. The summed E-state index contributed by atoms with van der Waals surface area (Å²) in [5.74, 6) is 4.75. The van der Waals surface area contributed by atoms with Gasteiger partial charge in [0.15, 0.2) is 0 Å². The Morgan fingerprint density at radius 3 is 1.64 bits per heavy atom. The zero-order chi connectivity index (χ0) is 19.2. The molecule has 1 aliphatic carbocycles. The molecule has 4 rings (SSSR count). The molecular weight excluding hydrogens is 523 g/mol. The second-order valence-corrected chi connectivity index (χ2v) is 24.7. The molecule has 0 amide bonds. The summed E-state index contributed by atoms with van der Waals surface area (Å²) in [6, 6.07) is 19.3. The fourth-order valence-electron chi connectivity index (χ4n) is 2.82. The summed E-state index contributed by atoms with van der Waals surface area (Å²) in [7, 11) is -0.243. The van der Waals surface area contributed by atoms with Crippen molar-refractivity contribution < 1.29 is 46.4 Å². The molecule has 0 saturated heterocycles. The van der Waals surface area contributed by atoms with Crippen LogP contribution in [0.3, 0.4) is 0 Å². The van der Waals surface area contributed by atoms with E-state index in [0.29, 0.717) is 5.41 Å². The van der Waals surface area contributed by atoms with Crippen LogP contribution in [0.4, 0.5) is 0 Å². The quantitative estimate of drug-likeness (QED) is 0.292. The van der Waals surface area contributed by atoms with E-state index in [2.05, 4.69) is 105 Å². The molecule has 28 heavy (non-hydrogen) atoms. The molecule has 0 unspecified atom stereocenters. The number of rotatable bonds is 0. The Bertz CT molecular complexity index is 892. The van der Waals surface area contributed by atoms with Crippen molar-refractivity contribution in [2.45, 2.75) is 38.7 Å². The van der Waals surface area contributed by atoms with Crippen LogP contribution < -0.4 is 24.8 Å². The topological polar surface area (TPSA) is 0 Å². The van der Waals surface area contributed by atoms with E-state index in [1.54, 1.807) is 21.6 Å². The summed E-state index contributed by atoms with van der Waals surface area (Å²) >= 11 is 1.80. The molecule has 0 heterocycles. The molecule has 0 atom stereocenters.